The third-order valence-corrected chi connectivity index (χ3v) is 4.05. The van der Waals surface area contributed by atoms with E-state index >= 15 is 0 Å². The Morgan fingerprint density at radius 3 is 2.60 bits per heavy atom. The van der Waals surface area contributed by atoms with Gasteiger partial charge in [0.25, 0.3) is 0 Å². The Morgan fingerprint density at radius 2 is 2.05 bits per heavy atom. The highest BCUT2D eigenvalue weighted by molar-refractivity contribution is 5.82. The fourth-order valence-corrected chi connectivity index (χ4v) is 2.75. The van der Waals surface area contributed by atoms with Gasteiger partial charge in [-0.1, -0.05) is 0 Å². The van der Waals surface area contributed by atoms with Crippen molar-refractivity contribution in [1.82, 2.24) is 9.80 Å². The van der Waals surface area contributed by atoms with Crippen LogP contribution in [0.25, 0.3) is 0 Å². The number of aliphatic hydroxyl groups excluding tert-OH is 1. The lowest BCUT2D eigenvalue weighted by Crippen LogP contribution is -2.54. The summed E-state index contributed by atoms with van der Waals surface area (Å²) in [5.74, 6) is -0.179. The van der Waals surface area contributed by atoms with Crippen LogP contribution < -0.4 is 0 Å². The van der Waals surface area contributed by atoms with Crippen LogP contribution in [0.3, 0.4) is 0 Å². The Labute approximate surface area is 116 Å². The monoisotopic (exact) mass is 294 g/mol. The maximum absolute atomic E-state index is 12.4. The molecule has 2 aliphatic rings. The molecule has 0 bridgehead atoms. The Morgan fingerprint density at radius 1 is 1.40 bits per heavy atom. The number of hydrogen-bond donors (Lipinski definition) is 1. The number of alkyl halides is 3. The topological polar surface area (TPSA) is 43.8 Å². The largest absolute Gasteiger partial charge is 0.406 e. The zero-order valence-corrected chi connectivity index (χ0v) is 11.6. The van der Waals surface area contributed by atoms with E-state index in [1.54, 1.807) is 11.9 Å². The number of hydrogen-bond acceptors (Lipinski definition) is 3. The summed E-state index contributed by atoms with van der Waals surface area (Å²) < 4.78 is 37.3. The number of carbonyl (C=O) groups excluding carboxylic acids is 1. The molecule has 2 fully saturated rings. The Hall–Kier alpha value is -0.820. The van der Waals surface area contributed by atoms with Crippen LogP contribution in [0.1, 0.15) is 25.7 Å². The number of piperidine rings is 1. The molecule has 1 amide bonds. The molecule has 2 atom stereocenters. The van der Waals surface area contributed by atoms with E-state index in [0.29, 0.717) is 25.3 Å². The van der Waals surface area contributed by atoms with Gasteiger partial charge in [0.2, 0.25) is 5.91 Å². The number of likely N-dealkylation sites (N-methyl/N-ethyl adjacent to an activating group) is 1. The molecule has 0 radical (unpaired) electrons. The third kappa shape index (κ3) is 4.09. The molecule has 1 aliphatic carbocycles. The van der Waals surface area contributed by atoms with E-state index in [0.717, 1.165) is 17.7 Å². The van der Waals surface area contributed by atoms with Gasteiger partial charge >= 0.3 is 6.18 Å². The average molecular weight is 294 g/mol. The highest BCUT2D eigenvalue weighted by Gasteiger charge is 2.39. The molecule has 2 unspecified atom stereocenters. The highest BCUT2D eigenvalue weighted by atomic mass is 19.4. The average Bonchev–Trinajstić information content (AvgIpc) is 3.13. The van der Waals surface area contributed by atoms with Crippen molar-refractivity contribution < 1.29 is 23.1 Å². The zero-order chi connectivity index (χ0) is 14.9. The van der Waals surface area contributed by atoms with Crippen molar-refractivity contribution in [3.63, 3.8) is 0 Å². The van der Waals surface area contributed by atoms with Gasteiger partial charge < -0.3 is 10.0 Å². The van der Waals surface area contributed by atoms with Gasteiger partial charge in [-0.15, -0.1) is 0 Å². The van der Waals surface area contributed by atoms with E-state index in [1.807, 2.05) is 0 Å². The first kappa shape index (κ1) is 15.6. The zero-order valence-electron chi connectivity index (χ0n) is 11.6. The minimum Gasteiger partial charge on any atom is -0.392 e. The predicted octanol–water partition coefficient (Wildman–Crippen LogP) is 1.24. The van der Waals surface area contributed by atoms with Gasteiger partial charge in [-0.25, -0.2) is 0 Å². The minimum atomic E-state index is -4.36. The van der Waals surface area contributed by atoms with Crippen LogP contribution >= 0.6 is 0 Å². The van der Waals surface area contributed by atoms with E-state index in [2.05, 4.69) is 0 Å². The molecule has 7 heteroatoms. The maximum atomic E-state index is 12.4. The van der Waals surface area contributed by atoms with Crippen LogP contribution in [0.4, 0.5) is 13.2 Å². The number of likely N-dealkylation sites (tertiary alicyclic amines) is 1. The molecule has 0 aromatic heterocycles. The van der Waals surface area contributed by atoms with Gasteiger partial charge in [-0.2, -0.15) is 13.2 Å². The molecule has 1 aliphatic heterocycles. The van der Waals surface area contributed by atoms with E-state index in [9.17, 15) is 23.1 Å². The van der Waals surface area contributed by atoms with Crippen LogP contribution in [0, 0.1) is 5.92 Å². The summed E-state index contributed by atoms with van der Waals surface area (Å²) in [6.07, 6.45) is -1.73. The smallest absolute Gasteiger partial charge is 0.392 e. The maximum Gasteiger partial charge on any atom is 0.406 e. The summed E-state index contributed by atoms with van der Waals surface area (Å²) in [5, 5.41) is 9.88. The van der Waals surface area contributed by atoms with Crippen molar-refractivity contribution in [2.75, 3.05) is 26.7 Å². The number of halogens is 3. The van der Waals surface area contributed by atoms with Crippen LogP contribution in [0.15, 0.2) is 0 Å². The van der Waals surface area contributed by atoms with Crippen molar-refractivity contribution in [1.29, 1.82) is 0 Å². The quantitative estimate of drug-likeness (QED) is 0.830. The first-order valence-electron chi connectivity index (χ1n) is 7.02. The Kier molecular flexibility index (Phi) is 4.59. The molecule has 20 heavy (non-hydrogen) atoms. The van der Waals surface area contributed by atoms with Crippen LogP contribution in [-0.4, -0.2) is 65.8 Å². The van der Waals surface area contributed by atoms with E-state index in [1.165, 1.54) is 0 Å². The number of aliphatic hydroxyl groups is 1. The lowest BCUT2D eigenvalue weighted by Gasteiger charge is -2.37. The van der Waals surface area contributed by atoms with Crippen molar-refractivity contribution in [2.24, 2.45) is 5.92 Å². The second-order valence-corrected chi connectivity index (χ2v) is 5.88. The SMILES string of the molecule is CN(CC(O)C1CC1)C1CCCN(CC(F)(F)F)C1=O. The molecule has 1 heterocycles. The fourth-order valence-electron chi connectivity index (χ4n) is 2.75. The summed E-state index contributed by atoms with van der Waals surface area (Å²) in [5.41, 5.74) is 0. The third-order valence-electron chi connectivity index (χ3n) is 4.05. The molecule has 2 rings (SSSR count). The molecule has 0 aromatic rings. The molecule has 1 saturated carbocycles. The minimum absolute atomic E-state index is 0.161. The summed E-state index contributed by atoms with van der Waals surface area (Å²) in [4.78, 5) is 14.7. The van der Waals surface area contributed by atoms with Gasteiger partial charge in [-0.05, 0) is 38.6 Å². The van der Waals surface area contributed by atoms with E-state index in [-0.39, 0.29) is 6.54 Å². The normalized spacial score (nSPS) is 26.2. The predicted molar refractivity (Wildman–Crippen MR) is 67.0 cm³/mol. The molecular weight excluding hydrogens is 273 g/mol. The van der Waals surface area contributed by atoms with Crippen LogP contribution in [0.2, 0.25) is 0 Å². The second-order valence-electron chi connectivity index (χ2n) is 5.88. The number of amides is 1. The van der Waals surface area contributed by atoms with Gasteiger partial charge in [0.1, 0.15) is 6.54 Å². The summed E-state index contributed by atoms with van der Waals surface area (Å²) in [7, 11) is 1.70. The van der Waals surface area contributed by atoms with Crippen LogP contribution in [-0.2, 0) is 4.79 Å². The molecule has 0 aromatic carbocycles. The van der Waals surface area contributed by atoms with E-state index in [4.69, 9.17) is 0 Å². The van der Waals surface area contributed by atoms with Crippen molar-refractivity contribution in [3.8, 4) is 0 Å². The molecular formula is C13H21F3N2O2. The number of carbonyl (C=O) groups is 1. The van der Waals surface area contributed by atoms with Crippen LogP contribution in [0.5, 0.6) is 0 Å². The van der Waals surface area contributed by atoms with Gasteiger partial charge in [0.15, 0.2) is 0 Å². The molecule has 4 nitrogen and oxygen atoms in total. The van der Waals surface area contributed by atoms with Crippen molar-refractivity contribution in [2.45, 2.75) is 44.0 Å². The second kappa shape index (κ2) is 5.89. The molecule has 1 N–H and O–H groups in total. The van der Waals surface area contributed by atoms with Gasteiger partial charge in [0.05, 0.1) is 12.1 Å². The molecule has 1 saturated heterocycles. The van der Waals surface area contributed by atoms with E-state index < -0.39 is 30.8 Å². The number of rotatable bonds is 5. The standard InChI is InChI=1S/C13H21F3N2O2/c1-17(7-11(19)9-4-5-9)10-3-2-6-18(12(10)20)8-13(14,15)16/h9-11,19H,2-8H2,1H3. The van der Waals surface area contributed by atoms with Crippen molar-refractivity contribution in [3.05, 3.63) is 0 Å². The Bertz CT molecular complexity index is 358. The van der Waals surface area contributed by atoms with Gasteiger partial charge in [-0.3, -0.25) is 9.69 Å². The first-order chi connectivity index (χ1) is 9.28. The first-order valence-corrected chi connectivity index (χ1v) is 7.02. The summed E-state index contributed by atoms with van der Waals surface area (Å²) in [6, 6.07) is -0.542. The fraction of sp³-hybridized carbons (Fsp3) is 0.923. The lowest BCUT2D eigenvalue weighted by atomic mass is 10.0. The molecule has 0 spiro atoms. The van der Waals surface area contributed by atoms with Crippen molar-refractivity contribution >= 4 is 5.91 Å². The van der Waals surface area contributed by atoms with Gasteiger partial charge in [0, 0.05) is 13.1 Å². The Balaban J connectivity index is 1.91. The highest BCUT2D eigenvalue weighted by Crippen LogP contribution is 2.33. The lowest BCUT2D eigenvalue weighted by molar-refractivity contribution is -0.167. The summed E-state index contributed by atoms with van der Waals surface area (Å²) in [6.45, 7) is -0.670. The summed E-state index contributed by atoms with van der Waals surface area (Å²) >= 11 is 0. The molecule has 116 valence electrons. The number of nitrogens with zero attached hydrogens (tertiary/aromatic N) is 2.